The molecule has 0 fully saturated rings. The van der Waals surface area contributed by atoms with E-state index in [1.165, 1.54) is 29.5 Å². The molecule has 10 nitrogen and oxygen atoms in total. The summed E-state index contributed by atoms with van der Waals surface area (Å²) in [6, 6.07) is 2.75. The van der Waals surface area contributed by atoms with Gasteiger partial charge >= 0.3 is 5.97 Å². The summed E-state index contributed by atoms with van der Waals surface area (Å²) in [5, 5.41) is 26.7. The Kier molecular flexibility index (Phi) is 5.42. The molecular weight excluding hydrogens is 330 g/mol. The standard InChI is InChI=1S/C15H17N5O5/c1-9(2)5-11(15(22)23)18-14(21)10-3-4-12(13(6-10)20(24)25)19-8-16-7-17-19/h3-4,6-9,11H,5H2,1-2H3,(H,18,21)(H,22,23). The van der Waals surface area contributed by atoms with Crippen molar-refractivity contribution in [1.29, 1.82) is 0 Å². The van der Waals surface area contributed by atoms with Gasteiger partial charge in [0.1, 0.15) is 24.4 Å². The number of aromatic nitrogens is 3. The van der Waals surface area contributed by atoms with Gasteiger partial charge in [-0.2, -0.15) is 5.10 Å². The minimum atomic E-state index is -1.16. The molecule has 1 unspecified atom stereocenters. The lowest BCUT2D eigenvalue weighted by Crippen LogP contribution is -2.41. The van der Waals surface area contributed by atoms with Gasteiger partial charge in [0, 0.05) is 11.6 Å². The largest absolute Gasteiger partial charge is 0.480 e. The number of carboxylic acids is 1. The number of aliphatic carboxylic acids is 1. The first-order chi connectivity index (χ1) is 11.8. The van der Waals surface area contributed by atoms with Crippen molar-refractivity contribution in [1.82, 2.24) is 20.1 Å². The van der Waals surface area contributed by atoms with Gasteiger partial charge in [0.2, 0.25) is 0 Å². The second-order valence-corrected chi connectivity index (χ2v) is 5.79. The molecule has 10 heteroatoms. The SMILES string of the molecule is CC(C)CC(NC(=O)c1ccc(-n2cncn2)c([N+](=O)[O-])c1)C(=O)O. The van der Waals surface area contributed by atoms with Crippen LogP contribution >= 0.6 is 0 Å². The van der Waals surface area contributed by atoms with Gasteiger partial charge in [-0.1, -0.05) is 13.8 Å². The van der Waals surface area contributed by atoms with E-state index in [1.807, 2.05) is 13.8 Å². The molecule has 0 bridgehead atoms. The lowest BCUT2D eigenvalue weighted by molar-refractivity contribution is -0.384. The number of nitro groups is 1. The molecule has 2 N–H and O–H groups in total. The molecule has 1 atom stereocenters. The van der Waals surface area contributed by atoms with Gasteiger partial charge in [-0.25, -0.2) is 14.5 Å². The van der Waals surface area contributed by atoms with Crippen molar-refractivity contribution < 1.29 is 19.6 Å². The minimum Gasteiger partial charge on any atom is -0.480 e. The summed E-state index contributed by atoms with van der Waals surface area (Å²) < 4.78 is 1.21. The molecule has 2 aromatic rings. The lowest BCUT2D eigenvalue weighted by atomic mass is 10.0. The van der Waals surface area contributed by atoms with Crippen molar-refractivity contribution in [3.63, 3.8) is 0 Å². The molecule has 2 rings (SSSR count). The monoisotopic (exact) mass is 347 g/mol. The number of rotatable bonds is 7. The van der Waals surface area contributed by atoms with E-state index in [2.05, 4.69) is 15.4 Å². The van der Waals surface area contributed by atoms with Gasteiger partial charge in [0.25, 0.3) is 11.6 Å². The average molecular weight is 347 g/mol. The first kappa shape index (κ1) is 18.0. The fraction of sp³-hybridized carbons (Fsp3) is 0.333. The highest BCUT2D eigenvalue weighted by atomic mass is 16.6. The van der Waals surface area contributed by atoms with E-state index >= 15 is 0 Å². The molecule has 0 spiro atoms. The first-order valence-electron chi connectivity index (χ1n) is 7.46. The van der Waals surface area contributed by atoms with Crippen LogP contribution in [0.1, 0.15) is 30.6 Å². The fourth-order valence-electron chi connectivity index (χ4n) is 2.27. The van der Waals surface area contributed by atoms with Crippen molar-refractivity contribution in [2.24, 2.45) is 5.92 Å². The van der Waals surface area contributed by atoms with Crippen LogP contribution in [0.3, 0.4) is 0 Å². The number of carboxylic acid groups (broad SMARTS) is 1. The molecule has 0 aliphatic heterocycles. The Hall–Kier alpha value is -3.30. The molecule has 1 heterocycles. The molecule has 132 valence electrons. The Morgan fingerprint density at radius 2 is 2.12 bits per heavy atom. The van der Waals surface area contributed by atoms with Crippen molar-refractivity contribution in [2.75, 3.05) is 0 Å². The molecule has 25 heavy (non-hydrogen) atoms. The minimum absolute atomic E-state index is 0.00873. The number of nitrogens with zero attached hydrogens (tertiary/aromatic N) is 4. The zero-order chi connectivity index (χ0) is 18.6. The predicted octanol–water partition coefficient (Wildman–Crippen LogP) is 1.40. The number of amides is 1. The van der Waals surface area contributed by atoms with E-state index in [0.29, 0.717) is 0 Å². The van der Waals surface area contributed by atoms with Gasteiger partial charge in [-0.3, -0.25) is 14.9 Å². The molecule has 0 radical (unpaired) electrons. The number of nitrogens with one attached hydrogen (secondary N) is 1. The molecule has 0 aliphatic rings. The van der Waals surface area contributed by atoms with E-state index in [0.717, 1.165) is 6.07 Å². The highest BCUT2D eigenvalue weighted by Crippen LogP contribution is 2.23. The summed E-state index contributed by atoms with van der Waals surface area (Å²) >= 11 is 0. The van der Waals surface area contributed by atoms with Crippen molar-refractivity contribution >= 4 is 17.6 Å². The third-order valence-electron chi connectivity index (χ3n) is 3.41. The maximum atomic E-state index is 12.3. The maximum Gasteiger partial charge on any atom is 0.326 e. The van der Waals surface area contributed by atoms with Gasteiger partial charge in [-0.05, 0) is 24.5 Å². The van der Waals surface area contributed by atoms with Crippen molar-refractivity contribution in [2.45, 2.75) is 26.3 Å². The number of hydrogen-bond donors (Lipinski definition) is 2. The summed E-state index contributed by atoms with van der Waals surface area (Å²) in [5.41, 5.74) is -0.199. The van der Waals surface area contributed by atoms with Crippen LogP contribution in [-0.4, -0.2) is 42.7 Å². The van der Waals surface area contributed by atoms with Crippen LogP contribution in [0.2, 0.25) is 0 Å². The van der Waals surface area contributed by atoms with Crippen LogP contribution in [-0.2, 0) is 4.79 Å². The van der Waals surface area contributed by atoms with E-state index < -0.39 is 22.8 Å². The van der Waals surface area contributed by atoms with Crippen molar-refractivity contribution in [3.8, 4) is 5.69 Å². The second-order valence-electron chi connectivity index (χ2n) is 5.79. The van der Waals surface area contributed by atoms with Crippen LogP contribution < -0.4 is 5.32 Å². The third-order valence-corrected chi connectivity index (χ3v) is 3.41. The Balaban J connectivity index is 2.30. The quantitative estimate of drug-likeness (QED) is 0.570. The summed E-state index contributed by atoms with van der Waals surface area (Å²) in [4.78, 5) is 37.9. The second kappa shape index (κ2) is 7.51. The normalized spacial score (nSPS) is 12.0. The van der Waals surface area contributed by atoms with Gasteiger partial charge < -0.3 is 10.4 Å². The van der Waals surface area contributed by atoms with Gasteiger partial charge in [-0.15, -0.1) is 0 Å². The Morgan fingerprint density at radius 3 is 2.64 bits per heavy atom. The smallest absolute Gasteiger partial charge is 0.326 e. The molecule has 1 aromatic heterocycles. The van der Waals surface area contributed by atoms with E-state index in [4.69, 9.17) is 0 Å². The molecule has 0 aliphatic carbocycles. The number of carbonyl (C=O) groups is 2. The fourth-order valence-corrected chi connectivity index (χ4v) is 2.27. The van der Waals surface area contributed by atoms with Crippen LogP contribution in [0, 0.1) is 16.0 Å². The number of hydrogen-bond acceptors (Lipinski definition) is 6. The number of nitro benzene ring substituents is 1. The Labute approximate surface area is 142 Å². The van der Waals surface area contributed by atoms with Crippen LogP contribution in [0.25, 0.3) is 5.69 Å². The van der Waals surface area contributed by atoms with Gasteiger partial charge in [0.15, 0.2) is 0 Å². The van der Waals surface area contributed by atoms with E-state index in [-0.39, 0.29) is 29.3 Å². The molecule has 0 saturated heterocycles. The van der Waals surface area contributed by atoms with Crippen LogP contribution in [0.4, 0.5) is 5.69 Å². The van der Waals surface area contributed by atoms with Gasteiger partial charge in [0.05, 0.1) is 4.92 Å². The van der Waals surface area contributed by atoms with E-state index in [1.54, 1.807) is 0 Å². The predicted molar refractivity (Wildman–Crippen MR) is 86.4 cm³/mol. The topological polar surface area (TPSA) is 140 Å². The Morgan fingerprint density at radius 1 is 1.40 bits per heavy atom. The van der Waals surface area contributed by atoms with E-state index in [9.17, 15) is 24.8 Å². The van der Waals surface area contributed by atoms with Crippen LogP contribution in [0.15, 0.2) is 30.9 Å². The molecule has 1 amide bonds. The van der Waals surface area contributed by atoms with Crippen molar-refractivity contribution in [3.05, 3.63) is 46.5 Å². The highest BCUT2D eigenvalue weighted by Gasteiger charge is 2.24. The lowest BCUT2D eigenvalue weighted by Gasteiger charge is -2.16. The molecular formula is C15H17N5O5. The summed E-state index contributed by atoms with van der Waals surface area (Å²) in [7, 11) is 0. The summed E-state index contributed by atoms with van der Waals surface area (Å²) in [6.45, 7) is 3.67. The molecule has 1 aromatic carbocycles. The Bertz CT molecular complexity index is 788. The zero-order valence-corrected chi connectivity index (χ0v) is 13.6. The highest BCUT2D eigenvalue weighted by molar-refractivity contribution is 5.97. The zero-order valence-electron chi connectivity index (χ0n) is 13.6. The number of carbonyl (C=O) groups excluding carboxylic acids is 1. The molecule has 0 saturated carbocycles. The summed E-state index contributed by atoms with van der Waals surface area (Å²) in [6.07, 6.45) is 2.78. The summed E-state index contributed by atoms with van der Waals surface area (Å²) in [5.74, 6) is -1.79. The van der Waals surface area contributed by atoms with Crippen LogP contribution in [0.5, 0.6) is 0 Å². The number of benzene rings is 1. The average Bonchev–Trinajstić information content (AvgIpc) is 3.07. The third kappa shape index (κ3) is 4.37. The first-order valence-corrected chi connectivity index (χ1v) is 7.46. The maximum absolute atomic E-state index is 12.3.